The minimum atomic E-state index is 0.715. The van der Waals surface area contributed by atoms with Crippen molar-refractivity contribution in [2.24, 2.45) is 0 Å². The molecule has 0 aromatic rings. The molecular weight excluding hydrogens is 156 g/mol. The number of halogens is 1. The fourth-order valence-electron chi connectivity index (χ4n) is 0.872. The van der Waals surface area contributed by atoms with E-state index in [1.54, 1.807) is 0 Å². The van der Waals surface area contributed by atoms with Crippen LogP contribution in [-0.2, 0) is 0 Å². The maximum absolute atomic E-state index is 5.53. The molecule has 11 heavy (non-hydrogen) atoms. The third-order valence-electron chi connectivity index (χ3n) is 1.49. The number of terminal acetylenes is 1. The summed E-state index contributed by atoms with van der Waals surface area (Å²) in [6.45, 7) is 2.13. The molecule has 62 valence electrons. The van der Waals surface area contributed by atoms with Crippen LogP contribution in [0.2, 0.25) is 0 Å². The summed E-state index contributed by atoms with van der Waals surface area (Å²) in [7, 11) is 0. The van der Waals surface area contributed by atoms with Crippen LogP contribution in [0, 0.1) is 12.3 Å². The van der Waals surface area contributed by atoms with E-state index in [0.29, 0.717) is 5.88 Å². The van der Waals surface area contributed by atoms with Crippen molar-refractivity contribution >= 4 is 11.6 Å². The Morgan fingerprint density at radius 1 is 1.64 bits per heavy atom. The molecule has 0 aliphatic heterocycles. The van der Waals surface area contributed by atoms with Gasteiger partial charge in [-0.25, -0.2) is 0 Å². The van der Waals surface area contributed by atoms with Crippen LogP contribution in [0.15, 0.2) is 11.6 Å². The van der Waals surface area contributed by atoms with Gasteiger partial charge in [0.1, 0.15) is 0 Å². The highest BCUT2D eigenvalue weighted by Crippen LogP contribution is 2.06. The van der Waals surface area contributed by atoms with Gasteiger partial charge < -0.3 is 0 Å². The normalized spacial score (nSPS) is 11.2. The molecule has 0 unspecified atom stereocenters. The van der Waals surface area contributed by atoms with Crippen LogP contribution < -0.4 is 0 Å². The van der Waals surface area contributed by atoms with Crippen molar-refractivity contribution in [2.45, 2.75) is 32.6 Å². The Balaban J connectivity index is 3.36. The zero-order valence-electron chi connectivity index (χ0n) is 7.07. The minimum Gasteiger partial charge on any atom is -0.126 e. The Kier molecular flexibility index (Phi) is 7.41. The lowest BCUT2D eigenvalue weighted by atomic mass is 10.1. The number of rotatable bonds is 5. The molecule has 0 fully saturated rings. The summed E-state index contributed by atoms with van der Waals surface area (Å²) in [5.74, 6) is 3.34. The molecule has 0 rings (SSSR count). The Labute approximate surface area is 74.6 Å². The Morgan fingerprint density at radius 3 is 2.91 bits per heavy atom. The second kappa shape index (κ2) is 7.69. The minimum absolute atomic E-state index is 0.715. The predicted molar refractivity (Wildman–Crippen MR) is 51.8 cm³/mol. The average Bonchev–Trinajstić information content (AvgIpc) is 2.01. The van der Waals surface area contributed by atoms with Gasteiger partial charge in [0.2, 0.25) is 0 Å². The Bertz CT molecular complexity index is 151. The number of alkyl halides is 1. The smallest absolute Gasteiger partial charge is 0.0258 e. The van der Waals surface area contributed by atoms with Crippen molar-refractivity contribution in [3.05, 3.63) is 11.6 Å². The summed E-state index contributed by atoms with van der Waals surface area (Å²) in [4.78, 5) is 0. The second-order valence-electron chi connectivity index (χ2n) is 2.59. The highest BCUT2D eigenvalue weighted by atomic mass is 35.5. The molecule has 0 N–H and O–H groups in total. The SMILES string of the molecule is C#CCCCC(C)=CCCCl. The third-order valence-corrected chi connectivity index (χ3v) is 1.71. The molecule has 1 heteroatoms. The summed E-state index contributed by atoms with van der Waals surface area (Å²) in [5.41, 5.74) is 1.40. The first-order chi connectivity index (χ1) is 5.31. The molecule has 0 aromatic carbocycles. The fourth-order valence-corrected chi connectivity index (χ4v) is 0.981. The van der Waals surface area contributed by atoms with Crippen LogP contribution in [0.4, 0.5) is 0 Å². The molecule has 0 saturated heterocycles. The lowest BCUT2D eigenvalue weighted by Crippen LogP contribution is -1.79. The number of hydrogen-bond acceptors (Lipinski definition) is 0. The summed E-state index contributed by atoms with van der Waals surface area (Å²) in [6, 6.07) is 0. The summed E-state index contributed by atoms with van der Waals surface area (Å²) in [5, 5.41) is 0. The van der Waals surface area contributed by atoms with Crippen LogP contribution in [0.1, 0.15) is 32.6 Å². The second-order valence-corrected chi connectivity index (χ2v) is 2.96. The average molecular weight is 171 g/mol. The lowest BCUT2D eigenvalue weighted by Gasteiger charge is -1.96. The van der Waals surface area contributed by atoms with E-state index in [9.17, 15) is 0 Å². The summed E-state index contributed by atoms with van der Waals surface area (Å²) < 4.78 is 0. The lowest BCUT2D eigenvalue weighted by molar-refractivity contribution is 0.841. The van der Waals surface area contributed by atoms with Gasteiger partial charge in [-0.15, -0.1) is 23.9 Å². The zero-order valence-corrected chi connectivity index (χ0v) is 7.82. The van der Waals surface area contributed by atoms with Gasteiger partial charge >= 0.3 is 0 Å². The topological polar surface area (TPSA) is 0 Å². The van der Waals surface area contributed by atoms with E-state index in [1.807, 2.05) is 0 Å². The number of allylic oxidation sites excluding steroid dienone is 2. The highest BCUT2D eigenvalue weighted by Gasteiger charge is 1.88. The van der Waals surface area contributed by atoms with Gasteiger partial charge in [0.25, 0.3) is 0 Å². The zero-order chi connectivity index (χ0) is 8.53. The van der Waals surface area contributed by atoms with Crippen molar-refractivity contribution in [2.75, 3.05) is 5.88 Å². The van der Waals surface area contributed by atoms with E-state index in [0.717, 1.165) is 25.7 Å². The van der Waals surface area contributed by atoms with Crippen molar-refractivity contribution in [3.8, 4) is 12.3 Å². The Hall–Kier alpha value is -0.410. The van der Waals surface area contributed by atoms with E-state index in [1.165, 1.54) is 5.57 Å². The van der Waals surface area contributed by atoms with Crippen LogP contribution in [0.5, 0.6) is 0 Å². The van der Waals surface area contributed by atoms with Gasteiger partial charge in [0.15, 0.2) is 0 Å². The van der Waals surface area contributed by atoms with Crippen molar-refractivity contribution < 1.29 is 0 Å². The molecule has 0 bridgehead atoms. The molecule has 0 saturated carbocycles. The maximum Gasteiger partial charge on any atom is 0.0258 e. The molecule has 0 radical (unpaired) electrons. The molecule has 0 aliphatic carbocycles. The van der Waals surface area contributed by atoms with Crippen LogP contribution in [0.25, 0.3) is 0 Å². The first-order valence-corrected chi connectivity index (χ1v) is 4.49. The number of unbranched alkanes of at least 4 members (excludes halogenated alkanes) is 1. The number of hydrogen-bond donors (Lipinski definition) is 0. The van der Waals surface area contributed by atoms with Gasteiger partial charge in [0.05, 0.1) is 0 Å². The molecule has 0 nitrogen and oxygen atoms in total. The van der Waals surface area contributed by atoms with Crippen LogP contribution >= 0.6 is 11.6 Å². The van der Waals surface area contributed by atoms with Crippen molar-refractivity contribution in [3.63, 3.8) is 0 Å². The monoisotopic (exact) mass is 170 g/mol. The van der Waals surface area contributed by atoms with Crippen LogP contribution in [0.3, 0.4) is 0 Å². The van der Waals surface area contributed by atoms with Gasteiger partial charge in [-0.2, -0.15) is 0 Å². The first-order valence-electron chi connectivity index (χ1n) is 3.96. The van der Waals surface area contributed by atoms with E-state index in [-0.39, 0.29) is 0 Å². The van der Waals surface area contributed by atoms with Gasteiger partial charge in [-0.1, -0.05) is 11.6 Å². The summed E-state index contributed by atoms with van der Waals surface area (Å²) >= 11 is 5.53. The van der Waals surface area contributed by atoms with Crippen LogP contribution in [-0.4, -0.2) is 5.88 Å². The van der Waals surface area contributed by atoms with Crippen molar-refractivity contribution in [1.82, 2.24) is 0 Å². The largest absolute Gasteiger partial charge is 0.126 e. The quantitative estimate of drug-likeness (QED) is 0.257. The summed E-state index contributed by atoms with van der Waals surface area (Å²) in [6.07, 6.45) is 11.4. The fraction of sp³-hybridized carbons (Fsp3) is 0.600. The van der Waals surface area contributed by atoms with Gasteiger partial charge in [-0.3, -0.25) is 0 Å². The Morgan fingerprint density at radius 2 is 2.36 bits per heavy atom. The van der Waals surface area contributed by atoms with E-state index in [2.05, 4.69) is 18.9 Å². The molecule has 0 atom stereocenters. The van der Waals surface area contributed by atoms with E-state index < -0.39 is 0 Å². The van der Waals surface area contributed by atoms with E-state index >= 15 is 0 Å². The van der Waals surface area contributed by atoms with Gasteiger partial charge in [-0.05, 0) is 26.2 Å². The molecule has 0 spiro atoms. The molecule has 0 amide bonds. The predicted octanol–water partition coefficient (Wildman–Crippen LogP) is 3.37. The molecule has 0 heterocycles. The third kappa shape index (κ3) is 7.49. The van der Waals surface area contributed by atoms with Crippen molar-refractivity contribution in [1.29, 1.82) is 0 Å². The van der Waals surface area contributed by atoms with E-state index in [4.69, 9.17) is 18.0 Å². The highest BCUT2D eigenvalue weighted by molar-refractivity contribution is 6.17. The maximum atomic E-state index is 5.53. The molecule has 0 aliphatic rings. The standard InChI is InChI=1S/C10H15Cl/c1-3-4-5-7-10(2)8-6-9-11/h1,8H,4-7,9H2,2H3. The van der Waals surface area contributed by atoms with Gasteiger partial charge in [0, 0.05) is 12.3 Å². The first kappa shape index (κ1) is 10.6. The molecule has 0 aromatic heterocycles. The molecular formula is C10H15Cl.